The van der Waals surface area contributed by atoms with Gasteiger partial charge in [0.1, 0.15) is 0 Å². The second-order valence-corrected chi connectivity index (χ2v) is 9.58. The zero-order valence-corrected chi connectivity index (χ0v) is 16.4. The van der Waals surface area contributed by atoms with Gasteiger partial charge in [0, 0.05) is 6.54 Å². The standard InChI is InChI=1S/C20H21ClN2O3S/c21-17-9-8-16(23-12-5-13-27(23,25)26)14-18(17)22-19(24)20(10-4-11-20)15-6-2-1-3-7-15/h1-3,6-9,14H,4-5,10-13H2,(H,22,24). The van der Waals surface area contributed by atoms with Gasteiger partial charge >= 0.3 is 0 Å². The van der Waals surface area contributed by atoms with Gasteiger partial charge in [-0.15, -0.1) is 0 Å². The van der Waals surface area contributed by atoms with Crippen LogP contribution in [0.15, 0.2) is 48.5 Å². The Morgan fingerprint density at radius 3 is 2.41 bits per heavy atom. The fourth-order valence-corrected chi connectivity index (χ4v) is 5.59. The van der Waals surface area contributed by atoms with Gasteiger partial charge in [-0.1, -0.05) is 48.4 Å². The molecule has 7 heteroatoms. The van der Waals surface area contributed by atoms with Crippen molar-refractivity contribution in [3.05, 3.63) is 59.1 Å². The number of anilines is 2. The summed E-state index contributed by atoms with van der Waals surface area (Å²) in [4.78, 5) is 13.1. The lowest BCUT2D eigenvalue weighted by Crippen LogP contribution is -2.46. The average molecular weight is 405 g/mol. The zero-order valence-electron chi connectivity index (χ0n) is 14.8. The summed E-state index contributed by atoms with van der Waals surface area (Å²) >= 11 is 6.29. The molecule has 1 N–H and O–H groups in total. The molecule has 0 radical (unpaired) electrons. The predicted molar refractivity (Wildman–Crippen MR) is 108 cm³/mol. The number of nitrogens with zero attached hydrogens (tertiary/aromatic N) is 1. The van der Waals surface area contributed by atoms with E-state index in [1.54, 1.807) is 18.2 Å². The number of carbonyl (C=O) groups excluding carboxylic acids is 1. The van der Waals surface area contributed by atoms with Crippen LogP contribution in [0.25, 0.3) is 0 Å². The highest BCUT2D eigenvalue weighted by Gasteiger charge is 2.45. The monoisotopic (exact) mass is 404 g/mol. The molecule has 1 heterocycles. The highest BCUT2D eigenvalue weighted by Crippen LogP contribution is 2.45. The highest BCUT2D eigenvalue weighted by molar-refractivity contribution is 7.93. The lowest BCUT2D eigenvalue weighted by molar-refractivity contribution is -0.124. The lowest BCUT2D eigenvalue weighted by Gasteiger charge is -2.40. The number of amides is 1. The smallest absolute Gasteiger partial charge is 0.235 e. The number of rotatable bonds is 4. The molecule has 142 valence electrons. The predicted octanol–water partition coefficient (Wildman–Crippen LogP) is 3.94. The largest absolute Gasteiger partial charge is 0.324 e. The van der Waals surface area contributed by atoms with E-state index >= 15 is 0 Å². The van der Waals surface area contributed by atoms with Gasteiger partial charge in [-0.25, -0.2) is 8.42 Å². The fraction of sp³-hybridized carbons (Fsp3) is 0.350. The molecule has 1 aliphatic heterocycles. The van der Waals surface area contributed by atoms with Crippen molar-refractivity contribution in [3.8, 4) is 0 Å². The normalized spacial score (nSPS) is 20.1. The number of sulfonamides is 1. The number of carbonyl (C=O) groups is 1. The van der Waals surface area contributed by atoms with Gasteiger partial charge in [-0.3, -0.25) is 9.10 Å². The molecule has 2 aliphatic rings. The summed E-state index contributed by atoms with van der Waals surface area (Å²) in [5.74, 6) is 0.0531. The third-order valence-corrected chi connectivity index (χ3v) is 7.75. The molecule has 1 saturated carbocycles. The summed E-state index contributed by atoms with van der Waals surface area (Å²) in [6, 6.07) is 14.7. The number of halogens is 1. The second kappa shape index (κ2) is 6.84. The molecule has 2 aromatic carbocycles. The third kappa shape index (κ3) is 3.21. The van der Waals surface area contributed by atoms with Gasteiger partial charge in [0.25, 0.3) is 0 Å². The van der Waals surface area contributed by atoms with Crippen LogP contribution in [0.4, 0.5) is 11.4 Å². The Labute approximate surface area is 164 Å². The molecule has 4 rings (SSSR count). The summed E-state index contributed by atoms with van der Waals surface area (Å²) in [5, 5.41) is 3.34. The van der Waals surface area contributed by atoms with E-state index in [0.29, 0.717) is 29.4 Å². The van der Waals surface area contributed by atoms with Crippen LogP contribution in [0.3, 0.4) is 0 Å². The van der Waals surface area contributed by atoms with Gasteiger partial charge in [0.05, 0.1) is 27.6 Å². The van der Waals surface area contributed by atoms with E-state index in [1.807, 2.05) is 30.3 Å². The molecule has 0 unspecified atom stereocenters. The number of nitrogens with one attached hydrogen (secondary N) is 1. The minimum Gasteiger partial charge on any atom is -0.324 e. The summed E-state index contributed by atoms with van der Waals surface area (Å²) in [6.45, 7) is 0.450. The Morgan fingerprint density at radius 1 is 1.07 bits per heavy atom. The first kappa shape index (κ1) is 18.3. The van der Waals surface area contributed by atoms with Gasteiger partial charge in [-0.05, 0) is 43.0 Å². The Balaban J connectivity index is 1.63. The van der Waals surface area contributed by atoms with Crippen molar-refractivity contribution in [2.45, 2.75) is 31.1 Å². The first-order valence-corrected chi connectivity index (χ1v) is 11.1. The minimum absolute atomic E-state index is 0.0942. The van der Waals surface area contributed by atoms with E-state index in [9.17, 15) is 13.2 Å². The second-order valence-electron chi connectivity index (χ2n) is 7.16. The Bertz CT molecular complexity index is 972. The van der Waals surface area contributed by atoms with E-state index in [2.05, 4.69) is 5.32 Å². The summed E-state index contributed by atoms with van der Waals surface area (Å²) in [6.07, 6.45) is 3.19. The van der Waals surface area contributed by atoms with Gasteiger partial charge in [0.2, 0.25) is 15.9 Å². The maximum atomic E-state index is 13.1. The molecule has 27 heavy (non-hydrogen) atoms. The van der Waals surface area contributed by atoms with Crippen LogP contribution < -0.4 is 9.62 Å². The molecular weight excluding hydrogens is 384 g/mol. The molecule has 5 nitrogen and oxygen atoms in total. The van der Waals surface area contributed by atoms with Gasteiger partial charge in [-0.2, -0.15) is 0 Å². The Morgan fingerprint density at radius 2 is 1.81 bits per heavy atom. The SMILES string of the molecule is O=C(Nc1cc(N2CCCS2(=O)=O)ccc1Cl)C1(c2ccccc2)CCC1. The molecule has 1 amide bonds. The lowest BCUT2D eigenvalue weighted by atomic mass is 9.64. The molecule has 2 aromatic rings. The van der Waals surface area contributed by atoms with E-state index in [0.717, 1.165) is 24.8 Å². The Kier molecular flexibility index (Phi) is 4.64. The van der Waals surface area contributed by atoms with Crippen LogP contribution in [-0.2, 0) is 20.2 Å². The summed E-state index contributed by atoms with van der Waals surface area (Å²) in [7, 11) is -3.29. The molecule has 0 spiro atoms. The topological polar surface area (TPSA) is 66.5 Å². The van der Waals surface area contributed by atoms with Gasteiger partial charge < -0.3 is 5.32 Å². The van der Waals surface area contributed by atoms with E-state index < -0.39 is 15.4 Å². The van der Waals surface area contributed by atoms with Crippen molar-refractivity contribution in [1.29, 1.82) is 0 Å². The quantitative estimate of drug-likeness (QED) is 0.839. The van der Waals surface area contributed by atoms with Crippen molar-refractivity contribution in [3.63, 3.8) is 0 Å². The van der Waals surface area contributed by atoms with Crippen LogP contribution in [0.1, 0.15) is 31.2 Å². The van der Waals surface area contributed by atoms with Crippen molar-refractivity contribution < 1.29 is 13.2 Å². The molecular formula is C20H21ClN2O3S. The van der Waals surface area contributed by atoms with Crippen LogP contribution in [0, 0.1) is 0 Å². The Hall–Kier alpha value is -2.05. The van der Waals surface area contributed by atoms with E-state index in [-0.39, 0.29) is 11.7 Å². The van der Waals surface area contributed by atoms with Crippen LogP contribution in [0.5, 0.6) is 0 Å². The average Bonchev–Trinajstić information content (AvgIpc) is 2.96. The summed E-state index contributed by atoms with van der Waals surface area (Å²) in [5.41, 5.74) is 1.45. The zero-order chi connectivity index (χ0) is 19.1. The van der Waals surface area contributed by atoms with Crippen molar-refractivity contribution >= 4 is 38.9 Å². The maximum Gasteiger partial charge on any atom is 0.235 e. The van der Waals surface area contributed by atoms with Gasteiger partial charge in [0.15, 0.2) is 0 Å². The molecule has 1 aliphatic carbocycles. The molecule has 0 aromatic heterocycles. The van der Waals surface area contributed by atoms with Crippen molar-refractivity contribution in [1.82, 2.24) is 0 Å². The fourth-order valence-electron chi connectivity index (χ4n) is 3.87. The third-order valence-electron chi connectivity index (χ3n) is 5.55. The maximum absolute atomic E-state index is 13.1. The van der Waals surface area contributed by atoms with E-state index in [4.69, 9.17) is 11.6 Å². The summed E-state index contributed by atoms with van der Waals surface area (Å²) < 4.78 is 25.8. The first-order chi connectivity index (χ1) is 12.9. The number of benzene rings is 2. The number of hydrogen-bond donors (Lipinski definition) is 1. The van der Waals surface area contributed by atoms with Crippen LogP contribution in [0.2, 0.25) is 5.02 Å². The van der Waals surface area contributed by atoms with E-state index in [1.165, 1.54) is 4.31 Å². The first-order valence-electron chi connectivity index (χ1n) is 9.09. The molecule has 0 atom stereocenters. The van der Waals surface area contributed by atoms with Crippen molar-refractivity contribution in [2.75, 3.05) is 21.9 Å². The molecule has 0 bridgehead atoms. The highest BCUT2D eigenvalue weighted by atomic mass is 35.5. The van der Waals surface area contributed by atoms with Crippen molar-refractivity contribution in [2.24, 2.45) is 0 Å². The molecule has 1 saturated heterocycles. The van der Waals surface area contributed by atoms with Crippen LogP contribution in [-0.4, -0.2) is 26.6 Å². The molecule has 2 fully saturated rings. The minimum atomic E-state index is -3.29. The number of hydrogen-bond acceptors (Lipinski definition) is 3. The van der Waals surface area contributed by atoms with Crippen LogP contribution >= 0.6 is 11.6 Å².